The minimum atomic E-state index is 0.167. The van der Waals surface area contributed by atoms with Crippen LogP contribution in [0.15, 0.2) is 0 Å². The van der Waals surface area contributed by atoms with E-state index in [0.29, 0.717) is 0 Å². The van der Waals surface area contributed by atoms with Gasteiger partial charge in [-0.05, 0) is 52.4 Å². The first kappa shape index (κ1) is 15.6. The Bertz CT molecular complexity index is 110. The molecular weight excluding hydrogens is 204 g/mol. The summed E-state index contributed by atoms with van der Waals surface area (Å²) >= 11 is 0. The largest absolute Gasteiger partial charge is 0.381 e. The van der Waals surface area contributed by atoms with Gasteiger partial charge in [-0.2, -0.15) is 0 Å². The van der Waals surface area contributed by atoms with Crippen LogP contribution in [0.1, 0.15) is 52.4 Å². The van der Waals surface area contributed by atoms with Crippen LogP contribution in [0.5, 0.6) is 0 Å². The molecular formula is C13H26O3. The maximum absolute atomic E-state index is 9.44. The highest BCUT2D eigenvalue weighted by atomic mass is 16.5. The third kappa shape index (κ3) is 16.0. The van der Waals surface area contributed by atoms with Gasteiger partial charge in [0.25, 0.3) is 0 Å². The van der Waals surface area contributed by atoms with Crippen molar-refractivity contribution >= 4 is 5.78 Å². The molecule has 0 aliphatic carbocycles. The summed E-state index contributed by atoms with van der Waals surface area (Å²) in [5, 5.41) is 0. The topological polar surface area (TPSA) is 35.5 Å². The van der Waals surface area contributed by atoms with Crippen LogP contribution in [0.4, 0.5) is 0 Å². The normalized spacial score (nSPS) is 19.6. The maximum atomic E-state index is 9.44. The van der Waals surface area contributed by atoms with Crippen molar-refractivity contribution < 1.29 is 14.3 Å². The lowest BCUT2D eigenvalue weighted by Gasteiger charge is -2.08. The summed E-state index contributed by atoms with van der Waals surface area (Å²) in [5.41, 5.74) is 0. The molecule has 16 heavy (non-hydrogen) atoms. The number of carbonyl (C=O) groups excluding carboxylic acids is 1. The molecule has 0 N–H and O–H groups in total. The molecule has 2 heterocycles. The zero-order valence-electron chi connectivity index (χ0n) is 10.8. The van der Waals surface area contributed by atoms with Gasteiger partial charge < -0.3 is 14.3 Å². The molecule has 0 spiro atoms. The predicted octanol–water partition coefficient (Wildman–Crippen LogP) is 2.97. The molecule has 0 aromatic carbocycles. The SMILES string of the molecule is C1CCOCC1.C1CCOCC1.CC(C)=O. The molecule has 2 aliphatic rings. The van der Waals surface area contributed by atoms with E-state index in [0.717, 1.165) is 26.4 Å². The summed E-state index contributed by atoms with van der Waals surface area (Å²) in [6.07, 6.45) is 7.86. The van der Waals surface area contributed by atoms with Crippen molar-refractivity contribution in [1.29, 1.82) is 0 Å². The minimum Gasteiger partial charge on any atom is -0.381 e. The van der Waals surface area contributed by atoms with Crippen LogP contribution in [0.2, 0.25) is 0 Å². The van der Waals surface area contributed by atoms with Crippen molar-refractivity contribution in [3.8, 4) is 0 Å². The predicted molar refractivity (Wildman–Crippen MR) is 65.7 cm³/mol. The average Bonchev–Trinajstić information content (AvgIpc) is 2.34. The molecule has 0 radical (unpaired) electrons. The number of hydrogen-bond acceptors (Lipinski definition) is 3. The molecule has 3 nitrogen and oxygen atoms in total. The van der Waals surface area contributed by atoms with E-state index in [4.69, 9.17) is 9.47 Å². The molecule has 0 unspecified atom stereocenters. The van der Waals surface area contributed by atoms with Crippen molar-refractivity contribution in [1.82, 2.24) is 0 Å². The lowest BCUT2D eigenvalue weighted by molar-refractivity contribution is -0.114. The van der Waals surface area contributed by atoms with Crippen molar-refractivity contribution in [2.75, 3.05) is 26.4 Å². The first-order valence-electron chi connectivity index (χ1n) is 6.36. The molecule has 2 rings (SSSR count). The highest BCUT2D eigenvalue weighted by Crippen LogP contribution is 2.02. The third-order valence-electron chi connectivity index (χ3n) is 2.15. The van der Waals surface area contributed by atoms with Crippen LogP contribution in [-0.4, -0.2) is 32.2 Å². The molecule has 0 aromatic heterocycles. The van der Waals surface area contributed by atoms with Gasteiger partial charge in [0.1, 0.15) is 5.78 Å². The quantitative estimate of drug-likeness (QED) is 0.642. The van der Waals surface area contributed by atoms with Crippen LogP contribution in [0, 0.1) is 0 Å². The standard InChI is InChI=1S/2C5H10O.C3H6O/c2*1-2-4-6-5-3-1;1-3(2)4/h2*1-5H2;1-2H3. The lowest BCUT2D eigenvalue weighted by Crippen LogP contribution is -2.03. The van der Waals surface area contributed by atoms with Crippen LogP contribution in [0.3, 0.4) is 0 Å². The Morgan fingerprint density at radius 2 is 0.938 bits per heavy atom. The van der Waals surface area contributed by atoms with E-state index in [2.05, 4.69) is 0 Å². The zero-order valence-corrected chi connectivity index (χ0v) is 10.8. The Morgan fingerprint density at radius 1 is 0.688 bits per heavy atom. The smallest absolute Gasteiger partial charge is 0.126 e. The van der Waals surface area contributed by atoms with Crippen molar-refractivity contribution in [3.63, 3.8) is 0 Å². The van der Waals surface area contributed by atoms with E-state index in [-0.39, 0.29) is 5.78 Å². The van der Waals surface area contributed by atoms with E-state index in [1.54, 1.807) is 0 Å². The second kappa shape index (κ2) is 12.7. The summed E-state index contributed by atoms with van der Waals surface area (Å²) in [6.45, 7) is 7.06. The van der Waals surface area contributed by atoms with Crippen LogP contribution in [0.25, 0.3) is 0 Å². The summed E-state index contributed by atoms with van der Waals surface area (Å²) in [7, 11) is 0. The van der Waals surface area contributed by atoms with Gasteiger partial charge in [-0.1, -0.05) is 0 Å². The van der Waals surface area contributed by atoms with Gasteiger partial charge in [0.2, 0.25) is 0 Å². The van der Waals surface area contributed by atoms with Crippen molar-refractivity contribution in [2.24, 2.45) is 0 Å². The number of ketones is 1. The Morgan fingerprint density at radius 3 is 1.00 bits per heavy atom. The van der Waals surface area contributed by atoms with Crippen LogP contribution < -0.4 is 0 Å². The molecule has 2 saturated heterocycles. The van der Waals surface area contributed by atoms with E-state index in [9.17, 15) is 4.79 Å². The van der Waals surface area contributed by atoms with Gasteiger partial charge in [-0.25, -0.2) is 0 Å². The number of ether oxygens (including phenoxy) is 2. The van der Waals surface area contributed by atoms with Crippen LogP contribution in [-0.2, 0) is 14.3 Å². The highest BCUT2D eigenvalue weighted by molar-refractivity contribution is 5.72. The fraction of sp³-hybridized carbons (Fsp3) is 0.923. The number of rotatable bonds is 0. The Hall–Kier alpha value is -0.410. The fourth-order valence-corrected chi connectivity index (χ4v) is 1.37. The fourth-order valence-electron chi connectivity index (χ4n) is 1.37. The van der Waals surface area contributed by atoms with E-state index < -0.39 is 0 Å². The first-order chi connectivity index (χ1) is 7.73. The number of carbonyl (C=O) groups is 1. The summed E-state index contributed by atoms with van der Waals surface area (Å²) < 4.78 is 10.1. The van der Waals surface area contributed by atoms with Gasteiger partial charge in [-0.3, -0.25) is 0 Å². The molecule has 0 saturated carbocycles. The molecule has 0 atom stereocenters. The van der Waals surface area contributed by atoms with Crippen molar-refractivity contribution in [3.05, 3.63) is 0 Å². The zero-order chi connectivity index (χ0) is 12.1. The Kier molecular flexibility index (Phi) is 12.3. The second-order valence-electron chi connectivity index (χ2n) is 4.25. The molecule has 2 fully saturated rings. The van der Waals surface area contributed by atoms with Gasteiger partial charge in [0.15, 0.2) is 0 Å². The summed E-state index contributed by atoms with van der Waals surface area (Å²) in [5.74, 6) is 0.167. The molecule has 96 valence electrons. The van der Waals surface area contributed by atoms with Crippen LogP contribution >= 0.6 is 0 Å². The first-order valence-corrected chi connectivity index (χ1v) is 6.36. The van der Waals surface area contributed by atoms with Gasteiger partial charge in [0.05, 0.1) is 0 Å². The van der Waals surface area contributed by atoms with E-state index in [1.165, 1.54) is 52.4 Å². The number of Topliss-reactive ketones (excluding diaryl/α,β-unsaturated/α-hetero) is 1. The van der Waals surface area contributed by atoms with E-state index >= 15 is 0 Å². The molecule has 3 heteroatoms. The monoisotopic (exact) mass is 230 g/mol. The van der Waals surface area contributed by atoms with Gasteiger partial charge in [-0.15, -0.1) is 0 Å². The van der Waals surface area contributed by atoms with Gasteiger partial charge in [0, 0.05) is 26.4 Å². The molecule has 0 amide bonds. The molecule has 2 aliphatic heterocycles. The maximum Gasteiger partial charge on any atom is 0.126 e. The second-order valence-corrected chi connectivity index (χ2v) is 4.25. The Labute approximate surface area is 99.5 Å². The van der Waals surface area contributed by atoms with Crippen molar-refractivity contribution in [2.45, 2.75) is 52.4 Å². The summed E-state index contributed by atoms with van der Waals surface area (Å²) in [6, 6.07) is 0. The third-order valence-corrected chi connectivity index (χ3v) is 2.15. The molecule has 0 bridgehead atoms. The summed E-state index contributed by atoms with van der Waals surface area (Å²) in [4.78, 5) is 9.44. The highest BCUT2D eigenvalue weighted by Gasteiger charge is 1.95. The van der Waals surface area contributed by atoms with E-state index in [1.807, 2.05) is 0 Å². The number of hydrogen-bond donors (Lipinski definition) is 0. The minimum absolute atomic E-state index is 0.167. The van der Waals surface area contributed by atoms with Gasteiger partial charge >= 0.3 is 0 Å². The molecule has 0 aromatic rings. The Balaban J connectivity index is 0.000000217. The average molecular weight is 230 g/mol. The lowest BCUT2D eigenvalue weighted by atomic mass is 10.2.